The molecule has 0 saturated carbocycles. The van der Waals surface area contributed by atoms with Gasteiger partial charge in [-0.15, -0.1) is 0 Å². The molecule has 0 aliphatic rings. The lowest BCUT2D eigenvalue weighted by Gasteiger charge is -2.04. The normalized spacial score (nSPS) is 11.1. The number of rotatable bonds is 4. The summed E-state index contributed by atoms with van der Waals surface area (Å²) in [5.74, 6) is 0.417. The topological polar surface area (TPSA) is 84.5 Å². The van der Waals surface area contributed by atoms with Gasteiger partial charge in [0.15, 0.2) is 0 Å². The van der Waals surface area contributed by atoms with Gasteiger partial charge in [-0.1, -0.05) is 25.1 Å². The third kappa shape index (κ3) is 3.47. The van der Waals surface area contributed by atoms with Gasteiger partial charge in [0.05, 0.1) is 11.8 Å². The first-order chi connectivity index (χ1) is 12.1. The number of furan rings is 2. The lowest BCUT2D eigenvalue weighted by atomic mass is 10.1. The van der Waals surface area contributed by atoms with Gasteiger partial charge in [0.2, 0.25) is 0 Å². The molecule has 0 aliphatic heterocycles. The SMILES string of the molecule is CCc1oc2ccccc2c1/C=C/C(=O)NNC(=O)c1ccoc1C. The Morgan fingerprint density at radius 2 is 1.96 bits per heavy atom. The summed E-state index contributed by atoms with van der Waals surface area (Å²) in [6.07, 6.45) is 5.18. The van der Waals surface area contributed by atoms with Crippen LogP contribution in [0.15, 0.2) is 51.5 Å². The van der Waals surface area contributed by atoms with Crippen LogP contribution in [0, 0.1) is 6.92 Å². The molecule has 0 fully saturated rings. The third-order valence-corrected chi connectivity index (χ3v) is 3.84. The molecule has 2 aromatic heterocycles. The molecule has 6 heteroatoms. The zero-order valence-corrected chi connectivity index (χ0v) is 14.0. The standard InChI is InChI=1S/C19H18N2O4/c1-3-16-15(14-6-4-5-7-17(14)25-16)8-9-18(22)20-21-19(23)13-10-11-24-12(13)2/h4-11H,3H2,1-2H3,(H,20,22)(H,21,23)/b9-8+. The number of benzene rings is 1. The number of nitrogens with one attached hydrogen (secondary N) is 2. The molecule has 6 nitrogen and oxygen atoms in total. The van der Waals surface area contributed by atoms with Crippen LogP contribution >= 0.6 is 0 Å². The third-order valence-electron chi connectivity index (χ3n) is 3.84. The van der Waals surface area contributed by atoms with Crippen molar-refractivity contribution in [2.24, 2.45) is 0 Å². The maximum atomic E-state index is 12.0. The minimum atomic E-state index is -0.443. The van der Waals surface area contributed by atoms with E-state index < -0.39 is 11.8 Å². The summed E-state index contributed by atoms with van der Waals surface area (Å²) in [6, 6.07) is 9.19. The van der Waals surface area contributed by atoms with Crippen LogP contribution in [0.1, 0.15) is 34.4 Å². The first kappa shape index (κ1) is 16.6. The van der Waals surface area contributed by atoms with E-state index in [1.807, 2.05) is 31.2 Å². The van der Waals surface area contributed by atoms with Crippen molar-refractivity contribution in [3.05, 3.63) is 65.3 Å². The highest BCUT2D eigenvalue weighted by molar-refractivity contribution is 5.99. The van der Waals surface area contributed by atoms with Gasteiger partial charge in [-0.3, -0.25) is 20.4 Å². The fourth-order valence-electron chi connectivity index (χ4n) is 2.57. The molecule has 0 saturated heterocycles. The molecule has 0 spiro atoms. The summed E-state index contributed by atoms with van der Waals surface area (Å²) in [7, 11) is 0. The molecule has 0 bridgehead atoms. The van der Waals surface area contributed by atoms with Crippen molar-refractivity contribution >= 4 is 28.9 Å². The molecule has 3 aromatic rings. The number of hydrogen-bond donors (Lipinski definition) is 2. The van der Waals surface area contributed by atoms with Crippen LogP contribution in [0.25, 0.3) is 17.0 Å². The Balaban J connectivity index is 1.69. The fourth-order valence-corrected chi connectivity index (χ4v) is 2.57. The van der Waals surface area contributed by atoms with E-state index in [1.165, 1.54) is 18.4 Å². The van der Waals surface area contributed by atoms with E-state index in [4.69, 9.17) is 8.83 Å². The van der Waals surface area contributed by atoms with Gasteiger partial charge in [0.1, 0.15) is 17.1 Å². The zero-order valence-electron chi connectivity index (χ0n) is 14.0. The molecule has 2 amide bonds. The van der Waals surface area contributed by atoms with Crippen molar-refractivity contribution in [3.8, 4) is 0 Å². The first-order valence-corrected chi connectivity index (χ1v) is 7.93. The molecule has 2 heterocycles. The monoisotopic (exact) mass is 338 g/mol. The zero-order chi connectivity index (χ0) is 17.8. The smallest absolute Gasteiger partial charge is 0.273 e. The maximum absolute atomic E-state index is 12.0. The molecule has 0 aliphatic carbocycles. The number of fused-ring (bicyclic) bond motifs is 1. The minimum absolute atomic E-state index is 0.373. The number of hydrogen-bond acceptors (Lipinski definition) is 4. The number of amides is 2. The van der Waals surface area contributed by atoms with Gasteiger partial charge in [-0.25, -0.2) is 0 Å². The molecule has 3 rings (SSSR count). The van der Waals surface area contributed by atoms with E-state index in [-0.39, 0.29) is 0 Å². The summed E-state index contributed by atoms with van der Waals surface area (Å²) < 4.78 is 10.8. The van der Waals surface area contributed by atoms with E-state index >= 15 is 0 Å². The van der Waals surface area contributed by atoms with Crippen LogP contribution in [0.5, 0.6) is 0 Å². The van der Waals surface area contributed by atoms with Crippen molar-refractivity contribution in [1.29, 1.82) is 0 Å². The van der Waals surface area contributed by atoms with Crippen molar-refractivity contribution < 1.29 is 18.4 Å². The van der Waals surface area contributed by atoms with Crippen molar-refractivity contribution in [2.45, 2.75) is 20.3 Å². The number of carbonyl (C=O) groups is 2. The van der Waals surface area contributed by atoms with Gasteiger partial charge in [-0.2, -0.15) is 0 Å². The average molecular weight is 338 g/mol. The molecule has 0 radical (unpaired) electrons. The highest BCUT2D eigenvalue weighted by Gasteiger charge is 2.12. The minimum Gasteiger partial charge on any atom is -0.469 e. The van der Waals surface area contributed by atoms with Crippen molar-refractivity contribution in [1.82, 2.24) is 10.9 Å². The second-order valence-electron chi connectivity index (χ2n) is 5.46. The Bertz CT molecular complexity index is 949. The summed E-state index contributed by atoms with van der Waals surface area (Å²) >= 11 is 0. The lowest BCUT2D eigenvalue weighted by Crippen LogP contribution is -2.40. The van der Waals surface area contributed by atoms with Gasteiger partial charge in [0.25, 0.3) is 11.8 Å². The van der Waals surface area contributed by atoms with Crippen LogP contribution in [0.3, 0.4) is 0 Å². The molecular weight excluding hydrogens is 320 g/mol. The molecular formula is C19H18N2O4. The number of carbonyl (C=O) groups excluding carboxylic acids is 2. The molecule has 1 aromatic carbocycles. The fraction of sp³-hybridized carbons (Fsp3) is 0.158. The maximum Gasteiger partial charge on any atom is 0.273 e. The van der Waals surface area contributed by atoms with Crippen LogP contribution in [0.4, 0.5) is 0 Å². The molecule has 2 N–H and O–H groups in total. The predicted molar refractivity (Wildman–Crippen MR) is 93.7 cm³/mol. The quantitative estimate of drug-likeness (QED) is 0.564. The Hall–Kier alpha value is -3.28. The summed E-state index contributed by atoms with van der Waals surface area (Å²) in [5.41, 5.74) is 6.72. The summed E-state index contributed by atoms with van der Waals surface area (Å²) in [5, 5.41) is 0.946. The van der Waals surface area contributed by atoms with Crippen molar-refractivity contribution in [2.75, 3.05) is 0 Å². The predicted octanol–water partition coefficient (Wildman–Crippen LogP) is 3.37. The molecule has 0 atom stereocenters. The molecule has 128 valence electrons. The number of aryl methyl sites for hydroxylation is 2. The first-order valence-electron chi connectivity index (χ1n) is 7.93. The van der Waals surface area contributed by atoms with E-state index in [2.05, 4.69) is 10.9 Å². The van der Waals surface area contributed by atoms with E-state index in [9.17, 15) is 9.59 Å². The van der Waals surface area contributed by atoms with Gasteiger partial charge < -0.3 is 8.83 Å². The Morgan fingerprint density at radius 1 is 1.16 bits per heavy atom. The Labute approximate surface area is 144 Å². The van der Waals surface area contributed by atoms with E-state index in [0.29, 0.717) is 17.7 Å². The lowest BCUT2D eigenvalue weighted by molar-refractivity contribution is -0.117. The molecule has 25 heavy (non-hydrogen) atoms. The van der Waals surface area contributed by atoms with E-state index in [1.54, 1.807) is 13.0 Å². The highest BCUT2D eigenvalue weighted by Crippen LogP contribution is 2.27. The number of para-hydroxylation sites is 1. The van der Waals surface area contributed by atoms with Crippen LogP contribution in [-0.2, 0) is 11.2 Å². The summed E-state index contributed by atoms with van der Waals surface area (Å²) in [4.78, 5) is 23.9. The van der Waals surface area contributed by atoms with E-state index in [0.717, 1.165) is 22.3 Å². The highest BCUT2D eigenvalue weighted by atomic mass is 16.3. The Kier molecular flexibility index (Phi) is 4.70. The van der Waals surface area contributed by atoms with Gasteiger partial charge >= 0.3 is 0 Å². The Morgan fingerprint density at radius 3 is 2.68 bits per heavy atom. The van der Waals surface area contributed by atoms with Crippen LogP contribution in [0.2, 0.25) is 0 Å². The van der Waals surface area contributed by atoms with Crippen LogP contribution in [-0.4, -0.2) is 11.8 Å². The second kappa shape index (κ2) is 7.09. The largest absolute Gasteiger partial charge is 0.469 e. The summed E-state index contributed by atoms with van der Waals surface area (Å²) in [6.45, 7) is 3.66. The van der Waals surface area contributed by atoms with Gasteiger partial charge in [0, 0.05) is 23.4 Å². The van der Waals surface area contributed by atoms with Gasteiger partial charge in [-0.05, 0) is 25.1 Å². The van der Waals surface area contributed by atoms with Crippen molar-refractivity contribution in [3.63, 3.8) is 0 Å². The molecule has 0 unspecified atom stereocenters. The average Bonchev–Trinajstić information content (AvgIpc) is 3.20. The number of hydrazine groups is 1. The second-order valence-corrected chi connectivity index (χ2v) is 5.46. The van der Waals surface area contributed by atoms with Crippen LogP contribution < -0.4 is 10.9 Å².